The van der Waals surface area contributed by atoms with Gasteiger partial charge in [-0.25, -0.2) is 4.79 Å². The van der Waals surface area contributed by atoms with Crippen molar-refractivity contribution < 1.29 is 9.53 Å². The van der Waals surface area contributed by atoms with E-state index in [1.807, 2.05) is 18.2 Å². The highest BCUT2D eigenvalue weighted by Crippen LogP contribution is 2.18. The van der Waals surface area contributed by atoms with Crippen LogP contribution in [-0.2, 0) is 11.3 Å². The summed E-state index contributed by atoms with van der Waals surface area (Å²) in [6.45, 7) is 0.567. The van der Waals surface area contributed by atoms with Crippen molar-refractivity contribution in [2.45, 2.75) is 6.54 Å². The first-order valence-corrected chi connectivity index (χ1v) is 5.32. The second-order valence-corrected chi connectivity index (χ2v) is 3.53. The van der Waals surface area contributed by atoms with Crippen molar-refractivity contribution in [1.82, 2.24) is 9.78 Å². The monoisotopic (exact) mass is 245 g/mol. The van der Waals surface area contributed by atoms with Gasteiger partial charge < -0.3 is 4.74 Å². The lowest BCUT2D eigenvalue weighted by atomic mass is 10.2. The SMILES string of the molecule is COC(=O)c1c2ccccc2nn1CCN=[N+]=[N-]. The smallest absolute Gasteiger partial charge is 0.356 e. The Morgan fingerprint density at radius 2 is 2.33 bits per heavy atom. The van der Waals surface area contributed by atoms with Crippen molar-refractivity contribution >= 4 is 16.9 Å². The fourth-order valence-corrected chi connectivity index (χ4v) is 1.74. The molecular weight excluding hydrogens is 234 g/mol. The van der Waals surface area contributed by atoms with E-state index in [0.29, 0.717) is 17.8 Å². The molecule has 7 nitrogen and oxygen atoms in total. The molecule has 0 saturated carbocycles. The van der Waals surface area contributed by atoms with Crippen molar-refractivity contribution in [1.29, 1.82) is 0 Å². The third kappa shape index (κ3) is 2.11. The number of fused-ring (bicyclic) bond motifs is 1. The van der Waals surface area contributed by atoms with E-state index in [1.54, 1.807) is 6.07 Å². The molecule has 0 aliphatic rings. The van der Waals surface area contributed by atoms with Gasteiger partial charge in [0.2, 0.25) is 0 Å². The molecule has 0 aliphatic carbocycles. The molecule has 0 atom stereocenters. The van der Waals surface area contributed by atoms with Crippen LogP contribution in [0.5, 0.6) is 0 Å². The summed E-state index contributed by atoms with van der Waals surface area (Å²) in [5.74, 6) is -0.454. The average molecular weight is 245 g/mol. The van der Waals surface area contributed by atoms with Gasteiger partial charge in [0.25, 0.3) is 0 Å². The fraction of sp³-hybridized carbons (Fsp3) is 0.273. The van der Waals surface area contributed by atoms with Gasteiger partial charge >= 0.3 is 5.97 Å². The van der Waals surface area contributed by atoms with Crippen LogP contribution < -0.4 is 0 Å². The normalized spacial score (nSPS) is 10.1. The van der Waals surface area contributed by atoms with Crippen LogP contribution in [0, 0.1) is 0 Å². The fourth-order valence-electron chi connectivity index (χ4n) is 1.74. The molecule has 0 amide bonds. The maximum absolute atomic E-state index is 11.8. The number of carbonyl (C=O) groups is 1. The average Bonchev–Trinajstić information content (AvgIpc) is 2.76. The second kappa shape index (κ2) is 5.20. The topological polar surface area (TPSA) is 92.9 Å². The summed E-state index contributed by atoms with van der Waals surface area (Å²) >= 11 is 0. The van der Waals surface area contributed by atoms with Crippen molar-refractivity contribution in [3.05, 3.63) is 40.4 Å². The van der Waals surface area contributed by atoms with Gasteiger partial charge in [0.05, 0.1) is 12.6 Å². The van der Waals surface area contributed by atoms with E-state index in [0.717, 1.165) is 5.39 Å². The Hall–Kier alpha value is -2.53. The number of nitrogens with zero attached hydrogens (tertiary/aromatic N) is 5. The first-order valence-electron chi connectivity index (χ1n) is 5.32. The quantitative estimate of drug-likeness (QED) is 0.357. The summed E-state index contributed by atoms with van der Waals surface area (Å²) in [7, 11) is 1.32. The lowest BCUT2D eigenvalue weighted by Crippen LogP contribution is -2.13. The van der Waals surface area contributed by atoms with Gasteiger partial charge in [-0.2, -0.15) is 5.10 Å². The van der Waals surface area contributed by atoms with Gasteiger partial charge in [-0.3, -0.25) is 4.68 Å². The standard InChI is InChI=1S/C11H11N5O2/c1-18-11(17)10-8-4-2-3-5-9(8)14-16(10)7-6-13-15-12/h2-5H,6-7H2,1H3. The molecule has 0 unspecified atom stereocenters. The van der Waals surface area contributed by atoms with Gasteiger partial charge in [0, 0.05) is 23.4 Å². The molecule has 2 rings (SSSR count). The van der Waals surface area contributed by atoms with Gasteiger partial charge in [-0.05, 0) is 11.6 Å². The largest absolute Gasteiger partial charge is 0.464 e. The number of azide groups is 1. The number of methoxy groups -OCH3 is 1. The number of benzene rings is 1. The van der Waals surface area contributed by atoms with Gasteiger partial charge in [-0.15, -0.1) is 0 Å². The zero-order chi connectivity index (χ0) is 13.0. The zero-order valence-electron chi connectivity index (χ0n) is 9.78. The molecule has 92 valence electrons. The summed E-state index contributed by atoms with van der Waals surface area (Å²) in [5.41, 5.74) is 9.33. The Morgan fingerprint density at radius 3 is 3.06 bits per heavy atom. The molecule has 1 aromatic carbocycles. The Morgan fingerprint density at radius 1 is 1.56 bits per heavy atom. The molecule has 2 aromatic rings. The predicted octanol–water partition coefficient (Wildman–Crippen LogP) is 2.13. The van der Waals surface area contributed by atoms with E-state index in [-0.39, 0.29) is 6.54 Å². The number of hydrogen-bond donors (Lipinski definition) is 0. The lowest BCUT2D eigenvalue weighted by molar-refractivity contribution is 0.0589. The molecule has 18 heavy (non-hydrogen) atoms. The van der Waals surface area contributed by atoms with Crippen LogP contribution in [0.4, 0.5) is 0 Å². The molecule has 0 spiro atoms. The summed E-state index contributed by atoms with van der Waals surface area (Å²) in [4.78, 5) is 14.4. The van der Waals surface area contributed by atoms with Crippen molar-refractivity contribution in [2.24, 2.45) is 5.11 Å². The van der Waals surface area contributed by atoms with Crippen LogP contribution in [0.25, 0.3) is 21.3 Å². The van der Waals surface area contributed by atoms with E-state index >= 15 is 0 Å². The number of carbonyl (C=O) groups excluding carboxylic acids is 1. The summed E-state index contributed by atoms with van der Waals surface area (Å²) < 4.78 is 6.25. The van der Waals surface area contributed by atoms with Gasteiger partial charge in [0.1, 0.15) is 0 Å². The van der Waals surface area contributed by atoms with Crippen molar-refractivity contribution in [2.75, 3.05) is 13.7 Å². The molecule has 0 fully saturated rings. The second-order valence-electron chi connectivity index (χ2n) is 3.53. The van der Waals surface area contributed by atoms with Gasteiger partial charge in [0.15, 0.2) is 5.69 Å². The molecule has 0 radical (unpaired) electrons. The number of esters is 1. The summed E-state index contributed by atoms with van der Waals surface area (Å²) in [6.07, 6.45) is 0. The van der Waals surface area contributed by atoms with Crippen molar-refractivity contribution in [3.63, 3.8) is 0 Å². The summed E-state index contributed by atoms with van der Waals surface area (Å²) in [6, 6.07) is 7.28. The van der Waals surface area contributed by atoms with Crippen LogP contribution in [0.2, 0.25) is 0 Å². The third-order valence-electron chi connectivity index (χ3n) is 2.50. The number of rotatable bonds is 4. The number of hydrogen-bond acceptors (Lipinski definition) is 4. The molecule has 0 N–H and O–H groups in total. The molecule has 0 saturated heterocycles. The van der Waals surface area contributed by atoms with Crippen LogP contribution in [-0.4, -0.2) is 29.4 Å². The van der Waals surface area contributed by atoms with Crippen LogP contribution in [0.15, 0.2) is 29.4 Å². The van der Waals surface area contributed by atoms with E-state index in [1.165, 1.54) is 11.8 Å². The number of ether oxygens (including phenoxy) is 1. The number of aromatic nitrogens is 2. The van der Waals surface area contributed by atoms with E-state index in [2.05, 4.69) is 15.1 Å². The minimum absolute atomic E-state index is 0.231. The molecular formula is C11H11N5O2. The highest BCUT2D eigenvalue weighted by atomic mass is 16.5. The third-order valence-corrected chi connectivity index (χ3v) is 2.50. The molecule has 0 bridgehead atoms. The molecule has 7 heteroatoms. The maximum Gasteiger partial charge on any atom is 0.356 e. The van der Waals surface area contributed by atoms with Crippen LogP contribution >= 0.6 is 0 Å². The van der Waals surface area contributed by atoms with E-state index in [4.69, 9.17) is 10.3 Å². The molecule has 0 aliphatic heterocycles. The summed E-state index contributed by atoms with van der Waals surface area (Å²) in [5, 5.41) is 8.44. The van der Waals surface area contributed by atoms with Crippen LogP contribution in [0.1, 0.15) is 10.5 Å². The Kier molecular flexibility index (Phi) is 3.45. The molecule has 1 aromatic heterocycles. The zero-order valence-corrected chi connectivity index (χ0v) is 9.78. The van der Waals surface area contributed by atoms with Gasteiger partial charge in [-0.1, -0.05) is 23.3 Å². The minimum Gasteiger partial charge on any atom is -0.464 e. The Labute approximate surface area is 103 Å². The first kappa shape index (κ1) is 11.9. The highest BCUT2D eigenvalue weighted by Gasteiger charge is 2.18. The highest BCUT2D eigenvalue weighted by molar-refractivity contribution is 6.02. The Bertz CT molecular complexity index is 627. The predicted molar refractivity (Wildman–Crippen MR) is 65.1 cm³/mol. The minimum atomic E-state index is -0.454. The maximum atomic E-state index is 11.8. The van der Waals surface area contributed by atoms with E-state index in [9.17, 15) is 4.79 Å². The first-order chi connectivity index (χ1) is 8.77. The van der Waals surface area contributed by atoms with E-state index < -0.39 is 5.97 Å². The van der Waals surface area contributed by atoms with Crippen molar-refractivity contribution in [3.8, 4) is 0 Å². The Balaban J connectivity index is 2.49. The lowest BCUT2D eigenvalue weighted by Gasteiger charge is -2.03. The van der Waals surface area contributed by atoms with Crippen LogP contribution in [0.3, 0.4) is 0 Å². The molecule has 1 heterocycles.